The van der Waals surface area contributed by atoms with Crippen molar-refractivity contribution in [1.29, 1.82) is 5.26 Å². The molecule has 12 heavy (non-hydrogen) atoms. The summed E-state index contributed by atoms with van der Waals surface area (Å²) < 4.78 is 5.83. The summed E-state index contributed by atoms with van der Waals surface area (Å²) >= 11 is 0. The summed E-state index contributed by atoms with van der Waals surface area (Å²) in [4.78, 5) is 14.7. The van der Waals surface area contributed by atoms with Crippen LogP contribution in [0.1, 0.15) is 6.92 Å². The standard InChI is InChI=1S/C7H7N3O2/c1-6(4-8)12-7(11)10-3-2-9-5-10/h2-3,5-6H,1H3. The highest BCUT2D eigenvalue weighted by atomic mass is 16.6. The second-order valence-electron chi connectivity index (χ2n) is 2.13. The van der Waals surface area contributed by atoms with Gasteiger partial charge in [-0.3, -0.25) is 0 Å². The summed E-state index contributed by atoms with van der Waals surface area (Å²) in [6.07, 6.45) is 2.89. The van der Waals surface area contributed by atoms with Crippen LogP contribution in [0.4, 0.5) is 4.79 Å². The van der Waals surface area contributed by atoms with Gasteiger partial charge in [0.25, 0.3) is 0 Å². The molecule has 5 nitrogen and oxygen atoms in total. The van der Waals surface area contributed by atoms with E-state index in [4.69, 9.17) is 5.26 Å². The van der Waals surface area contributed by atoms with Gasteiger partial charge in [-0.15, -0.1) is 0 Å². The van der Waals surface area contributed by atoms with Gasteiger partial charge in [-0.2, -0.15) is 5.26 Å². The van der Waals surface area contributed by atoms with Crippen LogP contribution in [0.25, 0.3) is 0 Å². The number of nitrogens with zero attached hydrogens (tertiary/aromatic N) is 3. The molecule has 0 radical (unpaired) electrons. The Kier molecular flexibility index (Phi) is 2.43. The maximum absolute atomic E-state index is 11.0. The van der Waals surface area contributed by atoms with Crippen molar-refractivity contribution in [3.8, 4) is 6.07 Å². The van der Waals surface area contributed by atoms with E-state index in [1.807, 2.05) is 0 Å². The van der Waals surface area contributed by atoms with Crippen LogP contribution in [-0.4, -0.2) is 21.7 Å². The van der Waals surface area contributed by atoms with Crippen LogP contribution in [0.5, 0.6) is 0 Å². The summed E-state index contributed by atoms with van der Waals surface area (Å²) in [5.41, 5.74) is 0. The van der Waals surface area contributed by atoms with E-state index >= 15 is 0 Å². The zero-order chi connectivity index (χ0) is 8.97. The van der Waals surface area contributed by atoms with E-state index in [1.165, 1.54) is 25.6 Å². The first-order valence-electron chi connectivity index (χ1n) is 3.32. The van der Waals surface area contributed by atoms with Crippen molar-refractivity contribution in [1.82, 2.24) is 9.55 Å². The number of nitriles is 1. The minimum atomic E-state index is -0.736. The van der Waals surface area contributed by atoms with E-state index in [9.17, 15) is 4.79 Å². The monoisotopic (exact) mass is 165 g/mol. The summed E-state index contributed by atoms with van der Waals surface area (Å²) in [5.74, 6) is 0. The lowest BCUT2D eigenvalue weighted by Gasteiger charge is -2.04. The van der Waals surface area contributed by atoms with Gasteiger partial charge in [-0.1, -0.05) is 0 Å². The molecular formula is C7H7N3O2. The van der Waals surface area contributed by atoms with E-state index in [0.29, 0.717) is 0 Å². The van der Waals surface area contributed by atoms with Gasteiger partial charge >= 0.3 is 6.09 Å². The highest BCUT2D eigenvalue weighted by molar-refractivity contribution is 5.70. The zero-order valence-corrected chi connectivity index (χ0v) is 6.47. The molecule has 1 unspecified atom stereocenters. The van der Waals surface area contributed by atoms with Crippen LogP contribution in [-0.2, 0) is 4.74 Å². The number of hydrogen-bond donors (Lipinski definition) is 0. The average molecular weight is 165 g/mol. The van der Waals surface area contributed by atoms with Crippen molar-refractivity contribution in [3.63, 3.8) is 0 Å². The Hall–Kier alpha value is -1.83. The van der Waals surface area contributed by atoms with E-state index in [2.05, 4.69) is 9.72 Å². The summed E-state index contributed by atoms with van der Waals surface area (Å²) in [6.45, 7) is 1.49. The van der Waals surface area contributed by atoms with Gasteiger partial charge in [-0.05, 0) is 6.92 Å². The predicted octanol–water partition coefficient (Wildman–Crippen LogP) is 0.780. The zero-order valence-electron chi connectivity index (χ0n) is 6.47. The molecule has 0 aliphatic carbocycles. The van der Waals surface area contributed by atoms with Crippen LogP contribution in [0.15, 0.2) is 18.7 Å². The fraction of sp³-hybridized carbons (Fsp3) is 0.286. The van der Waals surface area contributed by atoms with Crippen LogP contribution in [0.3, 0.4) is 0 Å². The molecule has 1 heterocycles. The quantitative estimate of drug-likeness (QED) is 0.616. The van der Waals surface area contributed by atoms with E-state index < -0.39 is 12.2 Å². The molecule has 1 rings (SSSR count). The molecule has 0 spiro atoms. The Morgan fingerprint density at radius 1 is 1.83 bits per heavy atom. The lowest BCUT2D eigenvalue weighted by molar-refractivity contribution is 0.131. The lowest BCUT2D eigenvalue weighted by atomic mass is 10.5. The SMILES string of the molecule is CC(C#N)OC(=O)n1ccnc1. The average Bonchev–Trinajstić information content (AvgIpc) is 2.56. The largest absolute Gasteiger partial charge is 0.430 e. The Morgan fingerprint density at radius 2 is 2.58 bits per heavy atom. The molecular weight excluding hydrogens is 158 g/mol. The number of carbonyl (C=O) groups is 1. The number of rotatable bonds is 1. The molecule has 1 aromatic rings. The fourth-order valence-electron chi connectivity index (χ4n) is 0.606. The first-order chi connectivity index (χ1) is 5.74. The Balaban J connectivity index is 2.57. The van der Waals surface area contributed by atoms with E-state index in [0.717, 1.165) is 4.57 Å². The molecule has 1 atom stereocenters. The first-order valence-corrected chi connectivity index (χ1v) is 3.32. The summed E-state index contributed by atoms with van der Waals surface area (Å²) in [6, 6.07) is 1.78. The molecule has 1 aromatic heterocycles. The van der Waals surface area contributed by atoms with Crippen molar-refractivity contribution >= 4 is 6.09 Å². The molecule has 0 aliphatic rings. The molecule has 62 valence electrons. The molecule has 0 bridgehead atoms. The fourth-order valence-corrected chi connectivity index (χ4v) is 0.606. The molecule has 5 heteroatoms. The van der Waals surface area contributed by atoms with Crippen LogP contribution < -0.4 is 0 Å². The third-order valence-electron chi connectivity index (χ3n) is 1.17. The molecule has 0 aliphatic heterocycles. The van der Waals surface area contributed by atoms with Crippen molar-refractivity contribution < 1.29 is 9.53 Å². The number of aromatic nitrogens is 2. The summed E-state index contributed by atoms with van der Waals surface area (Å²) in [7, 11) is 0. The summed E-state index contributed by atoms with van der Waals surface area (Å²) in [5, 5.41) is 8.33. The Morgan fingerprint density at radius 3 is 3.08 bits per heavy atom. The van der Waals surface area contributed by atoms with Crippen LogP contribution in [0, 0.1) is 11.3 Å². The first kappa shape index (κ1) is 8.27. The van der Waals surface area contributed by atoms with Gasteiger partial charge in [-0.25, -0.2) is 14.3 Å². The number of ether oxygens (including phenoxy) is 1. The number of imidazole rings is 1. The molecule has 0 saturated carbocycles. The van der Waals surface area contributed by atoms with Crippen molar-refractivity contribution in [2.45, 2.75) is 13.0 Å². The topological polar surface area (TPSA) is 67.9 Å². The third kappa shape index (κ3) is 1.83. The van der Waals surface area contributed by atoms with E-state index in [1.54, 1.807) is 6.07 Å². The van der Waals surface area contributed by atoms with Crippen LogP contribution in [0.2, 0.25) is 0 Å². The van der Waals surface area contributed by atoms with Crippen molar-refractivity contribution in [2.24, 2.45) is 0 Å². The molecule has 0 N–H and O–H groups in total. The van der Waals surface area contributed by atoms with Gasteiger partial charge in [0.2, 0.25) is 0 Å². The minimum absolute atomic E-state index is 0.596. The van der Waals surface area contributed by atoms with Gasteiger partial charge in [0.05, 0.1) is 0 Å². The van der Waals surface area contributed by atoms with Gasteiger partial charge in [0, 0.05) is 12.4 Å². The third-order valence-corrected chi connectivity index (χ3v) is 1.17. The van der Waals surface area contributed by atoms with Crippen LogP contribution >= 0.6 is 0 Å². The lowest BCUT2D eigenvalue weighted by Crippen LogP contribution is -2.17. The van der Waals surface area contributed by atoms with Crippen molar-refractivity contribution in [2.75, 3.05) is 0 Å². The minimum Gasteiger partial charge on any atom is -0.430 e. The van der Waals surface area contributed by atoms with Crippen molar-refractivity contribution in [3.05, 3.63) is 18.7 Å². The molecule has 0 amide bonds. The maximum Gasteiger partial charge on any atom is 0.420 e. The maximum atomic E-state index is 11.0. The van der Waals surface area contributed by atoms with E-state index in [-0.39, 0.29) is 0 Å². The second kappa shape index (κ2) is 3.53. The van der Waals surface area contributed by atoms with Gasteiger partial charge in [0.1, 0.15) is 12.4 Å². The Labute approximate surface area is 69.2 Å². The number of carbonyl (C=O) groups excluding carboxylic acids is 1. The molecule has 0 aromatic carbocycles. The molecule has 0 fully saturated rings. The Bertz CT molecular complexity index is 299. The van der Waals surface area contributed by atoms with Gasteiger partial charge in [0.15, 0.2) is 6.10 Å². The molecule has 0 saturated heterocycles. The highest BCUT2D eigenvalue weighted by Gasteiger charge is 2.08. The highest BCUT2D eigenvalue weighted by Crippen LogP contribution is 1.94. The van der Waals surface area contributed by atoms with Gasteiger partial charge < -0.3 is 4.74 Å². The normalized spacial score (nSPS) is 11.7. The smallest absolute Gasteiger partial charge is 0.420 e. The second-order valence-corrected chi connectivity index (χ2v) is 2.13. The predicted molar refractivity (Wildman–Crippen MR) is 39.2 cm³/mol. The number of hydrogen-bond acceptors (Lipinski definition) is 4.